The van der Waals surface area contributed by atoms with E-state index in [4.69, 9.17) is 0 Å². The lowest BCUT2D eigenvalue weighted by Gasteiger charge is -1.45. The Balaban J connectivity index is 0. The van der Waals surface area contributed by atoms with Gasteiger partial charge in [-0.05, 0) is 6.92 Å². The lowest BCUT2D eigenvalue weighted by Crippen LogP contribution is -1.22. The van der Waals surface area contributed by atoms with Gasteiger partial charge in [-0.15, -0.1) is 9.24 Å². The van der Waals surface area contributed by atoms with E-state index in [0.29, 0.717) is 6.33 Å². The van der Waals surface area contributed by atoms with Crippen LogP contribution in [0.2, 0.25) is 0 Å². The van der Waals surface area contributed by atoms with Crippen LogP contribution in [0.1, 0.15) is 6.92 Å². The van der Waals surface area contributed by atoms with Gasteiger partial charge >= 0.3 is 0 Å². The summed E-state index contributed by atoms with van der Waals surface area (Å²) in [5, 5.41) is 0. The molecule has 7 heavy (non-hydrogen) atoms. The molecule has 1 unspecified atom stereocenters. The van der Waals surface area contributed by atoms with Crippen LogP contribution in [0.4, 0.5) is 4.39 Å². The molecule has 0 amide bonds. The summed E-state index contributed by atoms with van der Waals surface area (Å²) in [4.78, 5) is 0. The van der Waals surface area contributed by atoms with Crippen molar-refractivity contribution in [1.82, 2.24) is 0 Å². The fourth-order valence-electron chi connectivity index (χ4n) is 0. The molecule has 0 saturated carbocycles. The maximum absolute atomic E-state index is 10.5. The van der Waals surface area contributed by atoms with Crippen molar-refractivity contribution in [3.8, 4) is 0 Å². The number of allylic oxidation sites excluding steroid dienone is 1. The van der Waals surface area contributed by atoms with Crippen LogP contribution in [0.15, 0.2) is 24.8 Å². The van der Waals surface area contributed by atoms with Crippen LogP contribution in [0.5, 0.6) is 0 Å². The molecule has 0 aromatic rings. The van der Waals surface area contributed by atoms with E-state index < -0.39 is 0 Å². The zero-order valence-electron chi connectivity index (χ0n) is 4.39. The molecule has 0 radical (unpaired) electrons. The van der Waals surface area contributed by atoms with E-state index in [0.717, 1.165) is 0 Å². The molecule has 0 aromatic carbocycles. The summed E-state index contributed by atoms with van der Waals surface area (Å²) < 4.78 is 10.5. The van der Waals surface area contributed by atoms with Crippen molar-refractivity contribution in [2.75, 3.05) is 0 Å². The molecule has 1 atom stereocenters. The molecule has 0 aliphatic rings. The molecule has 2 heteroatoms. The Morgan fingerprint density at radius 3 is 1.86 bits per heavy atom. The SMILES string of the molecule is C/C=C/F.C=CP. The van der Waals surface area contributed by atoms with E-state index in [1.165, 1.54) is 6.08 Å². The second kappa shape index (κ2) is 17.0. The standard InChI is InChI=1S/C3H5F.C2H5P/c1-2-3-4;1-2-3/h2-3H,1H3;2H,1,3H2/b3-2+;. The fourth-order valence-corrected chi connectivity index (χ4v) is 0. The van der Waals surface area contributed by atoms with Crippen LogP contribution in [0, 0.1) is 0 Å². The van der Waals surface area contributed by atoms with Crippen molar-refractivity contribution >= 4 is 9.24 Å². The minimum Gasteiger partial charge on any atom is -0.216 e. The summed E-state index contributed by atoms with van der Waals surface area (Å²) in [6.45, 7) is 4.95. The molecule has 0 aromatic heterocycles. The van der Waals surface area contributed by atoms with Crippen LogP contribution in [0.3, 0.4) is 0 Å². The van der Waals surface area contributed by atoms with Gasteiger partial charge in [-0.2, -0.15) is 0 Å². The maximum Gasteiger partial charge on any atom is 0.0824 e. The average Bonchev–Trinajstić information content (AvgIpc) is 1.69. The Labute approximate surface area is 46.3 Å². The van der Waals surface area contributed by atoms with Gasteiger partial charge in [0.15, 0.2) is 0 Å². The summed E-state index contributed by atoms with van der Waals surface area (Å²) in [5.74, 6) is 1.67. The van der Waals surface area contributed by atoms with Crippen LogP contribution >= 0.6 is 9.24 Å². The topological polar surface area (TPSA) is 0 Å². The lowest BCUT2D eigenvalue weighted by molar-refractivity contribution is 0.719. The minimum absolute atomic E-state index is 0.500. The highest BCUT2D eigenvalue weighted by Gasteiger charge is 1.38. The number of halogens is 1. The van der Waals surface area contributed by atoms with Gasteiger partial charge in [-0.3, -0.25) is 0 Å². The maximum atomic E-state index is 10.5. The number of rotatable bonds is 0. The minimum atomic E-state index is 0.500. The molecule has 0 aliphatic carbocycles. The van der Waals surface area contributed by atoms with Crippen LogP contribution in [-0.4, -0.2) is 0 Å². The second-order valence-corrected chi connectivity index (χ2v) is 1.17. The van der Waals surface area contributed by atoms with Crippen LogP contribution in [-0.2, 0) is 0 Å². The molecule has 0 spiro atoms. The van der Waals surface area contributed by atoms with Crippen molar-refractivity contribution in [2.45, 2.75) is 6.92 Å². The average molecular weight is 120 g/mol. The normalized spacial score (nSPS) is 7.29. The van der Waals surface area contributed by atoms with E-state index in [2.05, 4.69) is 15.8 Å². The van der Waals surface area contributed by atoms with Gasteiger partial charge in [0.05, 0.1) is 6.33 Å². The third-order valence-corrected chi connectivity index (χ3v) is 0.126. The Bertz CT molecular complexity index is 46.0. The van der Waals surface area contributed by atoms with E-state index in [1.54, 1.807) is 12.7 Å². The Morgan fingerprint density at radius 1 is 1.71 bits per heavy atom. The zero-order valence-corrected chi connectivity index (χ0v) is 5.55. The van der Waals surface area contributed by atoms with Gasteiger partial charge in [-0.1, -0.05) is 18.5 Å². The van der Waals surface area contributed by atoms with Crippen molar-refractivity contribution < 1.29 is 4.39 Å². The first-order valence-corrected chi connectivity index (χ1v) is 2.54. The quantitative estimate of drug-likeness (QED) is 0.431. The monoisotopic (exact) mass is 120 g/mol. The van der Waals surface area contributed by atoms with Crippen molar-refractivity contribution in [3.05, 3.63) is 24.8 Å². The summed E-state index contributed by atoms with van der Waals surface area (Å²) in [6, 6.07) is 0. The third-order valence-electron chi connectivity index (χ3n) is 0.126. The predicted octanol–water partition coefficient (Wildman–Crippen LogP) is 2.49. The number of hydrogen-bond acceptors (Lipinski definition) is 0. The first kappa shape index (κ1) is 9.96. The van der Waals surface area contributed by atoms with Crippen molar-refractivity contribution in [1.29, 1.82) is 0 Å². The van der Waals surface area contributed by atoms with Crippen molar-refractivity contribution in [2.24, 2.45) is 0 Å². The molecule has 42 valence electrons. The third kappa shape index (κ3) is 122. The zero-order chi connectivity index (χ0) is 6.12. The van der Waals surface area contributed by atoms with Gasteiger partial charge in [0.2, 0.25) is 0 Å². The Morgan fingerprint density at radius 2 is 1.86 bits per heavy atom. The summed E-state index contributed by atoms with van der Waals surface area (Å²) in [7, 11) is 2.34. The summed E-state index contributed by atoms with van der Waals surface area (Å²) in [6.07, 6.45) is 1.83. The van der Waals surface area contributed by atoms with Gasteiger partial charge in [-0.25, -0.2) is 4.39 Å². The highest BCUT2D eigenvalue weighted by molar-refractivity contribution is 7.20. The first-order valence-electron chi connectivity index (χ1n) is 1.87. The largest absolute Gasteiger partial charge is 0.216 e. The molecule has 0 aliphatic heterocycles. The first-order chi connectivity index (χ1) is 3.33. The molecular weight excluding hydrogens is 110 g/mol. The second-order valence-electron chi connectivity index (χ2n) is 0.695. The molecule has 0 rings (SSSR count). The summed E-state index contributed by atoms with van der Waals surface area (Å²) in [5.41, 5.74) is 0. The Kier molecular flexibility index (Phi) is 24.1. The van der Waals surface area contributed by atoms with Crippen molar-refractivity contribution in [3.63, 3.8) is 0 Å². The van der Waals surface area contributed by atoms with Gasteiger partial charge in [0, 0.05) is 0 Å². The highest BCUT2D eigenvalue weighted by Crippen LogP contribution is 1.69. The molecule has 0 bridgehead atoms. The predicted molar refractivity (Wildman–Crippen MR) is 35.8 cm³/mol. The van der Waals surface area contributed by atoms with E-state index >= 15 is 0 Å². The smallest absolute Gasteiger partial charge is 0.0824 e. The molecule has 0 heterocycles. The van der Waals surface area contributed by atoms with E-state index in [9.17, 15) is 4.39 Å². The number of hydrogen-bond donors (Lipinski definition) is 0. The van der Waals surface area contributed by atoms with Gasteiger partial charge in [0.25, 0.3) is 0 Å². The van der Waals surface area contributed by atoms with Gasteiger partial charge < -0.3 is 0 Å². The molecule has 0 nitrogen and oxygen atoms in total. The van der Waals surface area contributed by atoms with Gasteiger partial charge in [0.1, 0.15) is 0 Å². The lowest BCUT2D eigenvalue weighted by atomic mass is 10.8. The van der Waals surface area contributed by atoms with E-state index in [1.807, 2.05) is 0 Å². The van der Waals surface area contributed by atoms with E-state index in [-0.39, 0.29) is 0 Å². The molecule has 0 fully saturated rings. The summed E-state index contributed by atoms with van der Waals surface area (Å²) >= 11 is 0. The van der Waals surface area contributed by atoms with Crippen LogP contribution in [0.25, 0.3) is 0 Å². The molecule has 0 saturated heterocycles. The van der Waals surface area contributed by atoms with Crippen LogP contribution < -0.4 is 0 Å². The Hall–Kier alpha value is -0.160. The highest BCUT2D eigenvalue weighted by atomic mass is 31.0. The fraction of sp³-hybridized carbons (Fsp3) is 0.200. The molecular formula is C5H10FP. The molecule has 0 N–H and O–H groups in total.